The largest absolute Gasteiger partial charge is 0.390 e. The van der Waals surface area contributed by atoms with Crippen molar-refractivity contribution in [3.63, 3.8) is 0 Å². The Labute approximate surface area is 199 Å². The first-order valence-corrected chi connectivity index (χ1v) is 13.0. The fourth-order valence-corrected chi connectivity index (χ4v) is 5.99. The molecule has 1 aliphatic rings. The van der Waals surface area contributed by atoms with Gasteiger partial charge in [-0.2, -0.15) is 4.31 Å². The van der Waals surface area contributed by atoms with Crippen molar-refractivity contribution < 1.29 is 13.5 Å². The predicted octanol–water partition coefficient (Wildman–Crippen LogP) is 4.26. The van der Waals surface area contributed by atoms with Crippen molar-refractivity contribution in [3.05, 3.63) is 63.1 Å². The lowest BCUT2D eigenvalue weighted by molar-refractivity contribution is 0.135. The van der Waals surface area contributed by atoms with Gasteiger partial charge in [-0.15, -0.1) is 0 Å². The van der Waals surface area contributed by atoms with Crippen LogP contribution in [0, 0.1) is 5.92 Å². The minimum absolute atomic E-state index is 0.00599. The Bertz CT molecular complexity index is 1000. The van der Waals surface area contributed by atoms with Crippen molar-refractivity contribution in [2.24, 2.45) is 5.92 Å². The van der Waals surface area contributed by atoms with Gasteiger partial charge in [-0.05, 0) is 84.3 Å². The van der Waals surface area contributed by atoms with Gasteiger partial charge in [0.1, 0.15) is 0 Å². The van der Waals surface area contributed by atoms with Crippen LogP contribution < -0.4 is 5.32 Å². The van der Waals surface area contributed by atoms with Crippen molar-refractivity contribution in [2.45, 2.75) is 49.6 Å². The van der Waals surface area contributed by atoms with Gasteiger partial charge in [-0.1, -0.05) is 35.9 Å². The number of benzene rings is 2. The van der Waals surface area contributed by atoms with Crippen LogP contribution >= 0.6 is 27.5 Å². The standard InChI is InChI=1S/C23H30BrClN2O3S/c1-23(2,13-16-10-17-6-4-5-7-18(17)11-16)26-14-19(28)15-27(3)31(29,30)20-8-9-21(24)22(25)12-20/h4-9,12,16,19,26,28H,10-11,13-15H2,1-3H3/t19-/m1/s1. The summed E-state index contributed by atoms with van der Waals surface area (Å²) in [6, 6.07) is 13.1. The average molecular weight is 530 g/mol. The van der Waals surface area contributed by atoms with Crippen LogP contribution in [0.25, 0.3) is 0 Å². The van der Waals surface area contributed by atoms with Crippen molar-refractivity contribution in [2.75, 3.05) is 20.1 Å². The molecule has 5 nitrogen and oxygen atoms in total. The third-order valence-electron chi connectivity index (χ3n) is 5.82. The molecule has 0 aromatic heterocycles. The lowest BCUT2D eigenvalue weighted by Gasteiger charge is -2.31. The van der Waals surface area contributed by atoms with E-state index in [4.69, 9.17) is 11.6 Å². The molecule has 1 atom stereocenters. The van der Waals surface area contributed by atoms with E-state index in [1.807, 2.05) is 0 Å². The van der Waals surface area contributed by atoms with E-state index < -0.39 is 16.1 Å². The number of nitrogens with zero attached hydrogens (tertiary/aromatic N) is 1. The third-order valence-corrected chi connectivity index (χ3v) is 8.87. The predicted molar refractivity (Wildman–Crippen MR) is 129 cm³/mol. The lowest BCUT2D eigenvalue weighted by Crippen LogP contribution is -2.47. The number of β-amino-alcohol motifs (C(OH)–C–C–N with tert-alkyl or cyclic N) is 1. The molecule has 2 aromatic rings. The van der Waals surface area contributed by atoms with Gasteiger partial charge in [0.25, 0.3) is 0 Å². The third kappa shape index (κ3) is 6.30. The first-order chi connectivity index (χ1) is 14.5. The van der Waals surface area contributed by atoms with E-state index in [9.17, 15) is 13.5 Å². The first-order valence-electron chi connectivity index (χ1n) is 10.4. The summed E-state index contributed by atoms with van der Waals surface area (Å²) in [5.41, 5.74) is 2.70. The Hall–Kier alpha value is -0.960. The van der Waals surface area contributed by atoms with Crippen LogP contribution in [0.15, 0.2) is 51.8 Å². The normalized spacial score (nSPS) is 16.0. The summed E-state index contributed by atoms with van der Waals surface area (Å²) < 4.78 is 27.4. The second-order valence-corrected chi connectivity index (χ2v) is 12.3. The maximum atomic E-state index is 12.8. The summed E-state index contributed by atoms with van der Waals surface area (Å²) in [4.78, 5) is 0.101. The van der Waals surface area contributed by atoms with Gasteiger partial charge in [0.05, 0.1) is 16.0 Å². The fourth-order valence-electron chi connectivity index (χ4n) is 4.26. The van der Waals surface area contributed by atoms with Gasteiger partial charge in [-0.3, -0.25) is 0 Å². The highest BCUT2D eigenvalue weighted by Crippen LogP contribution is 2.32. The van der Waals surface area contributed by atoms with Crippen LogP contribution in [-0.4, -0.2) is 49.6 Å². The Kier molecular flexibility index (Phi) is 7.88. The average Bonchev–Trinajstić information content (AvgIpc) is 3.09. The molecule has 0 spiro atoms. The molecule has 3 rings (SSSR count). The van der Waals surface area contributed by atoms with Crippen LogP contribution in [-0.2, 0) is 22.9 Å². The van der Waals surface area contributed by atoms with Crippen molar-refractivity contribution in [3.8, 4) is 0 Å². The van der Waals surface area contributed by atoms with Crippen LogP contribution in [0.5, 0.6) is 0 Å². The molecule has 31 heavy (non-hydrogen) atoms. The monoisotopic (exact) mass is 528 g/mol. The highest BCUT2D eigenvalue weighted by atomic mass is 79.9. The number of rotatable bonds is 9. The van der Waals surface area contributed by atoms with Gasteiger partial charge in [-0.25, -0.2) is 8.42 Å². The number of hydrogen-bond donors (Lipinski definition) is 2. The number of fused-ring (bicyclic) bond motifs is 1. The molecule has 2 N–H and O–H groups in total. The van der Waals surface area contributed by atoms with Crippen LogP contribution in [0.1, 0.15) is 31.4 Å². The second kappa shape index (κ2) is 9.89. The van der Waals surface area contributed by atoms with Crippen LogP contribution in [0.4, 0.5) is 0 Å². The molecule has 170 valence electrons. The van der Waals surface area contributed by atoms with E-state index in [0.717, 1.165) is 19.3 Å². The number of aliphatic hydroxyl groups is 1. The van der Waals surface area contributed by atoms with Crippen molar-refractivity contribution in [1.82, 2.24) is 9.62 Å². The maximum Gasteiger partial charge on any atom is 0.242 e. The highest BCUT2D eigenvalue weighted by molar-refractivity contribution is 9.10. The minimum Gasteiger partial charge on any atom is -0.390 e. The molecule has 0 saturated heterocycles. The SMILES string of the molecule is CN(C[C@H](O)CNC(C)(C)CC1Cc2ccccc2C1)S(=O)(=O)c1ccc(Br)c(Cl)c1. The molecule has 0 radical (unpaired) electrons. The summed E-state index contributed by atoms with van der Waals surface area (Å²) in [7, 11) is -2.27. The van der Waals surface area contributed by atoms with E-state index in [1.54, 1.807) is 6.07 Å². The van der Waals surface area contributed by atoms with Crippen LogP contribution in [0.2, 0.25) is 5.02 Å². The molecule has 8 heteroatoms. The minimum atomic E-state index is -3.74. The Morgan fingerprint density at radius 2 is 1.84 bits per heavy atom. The quantitative estimate of drug-likeness (QED) is 0.509. The molecular weight excluding hydrogens is 500 g/mol. The Morgan fingerprint density at radius 3 is 2.42 bits per heavy atom. The first kappa shape index (κ1) is 24.7. The number of aliphatic hydroxyl groups excluding tert-OH is 1. The van der Waals surface area contributed by atoms with E-state index in [1.165, 1.54) is 34.6 Å². The summed E-state index contributed by atoms with van der Waals surface area (Å²) >= 11 is 9.30. The van der Waals surface area contributed by atoms with Crippen molar-refractivity contribution in [1.29, 1.82) is 0 Å². The molecule has 0 saturated carbocycles. The molecule has 0 aliphatic heterocycles. The Morgan fingerprint density at radius 1 is 1.23 bits per heavy atom. The number of hydrogen-bond acceptors (Lipinski definition) is 4. The lowest BCUT2D eigenvalue weighted by atomic mass is 9.88. The molecule has 0 unspecified atom stereocenters. The number of likely N-dealkylation sites (N-methyl/N-ethyl adjacent to an activating group) is 1. The van der Waals surface area contributed by atoms with Gasteiger partial charge in [0.2, 0.25) is 10.0 Å². The van der Waals surface area contributed by atoms with Gasteiger partial charge >= 0.3 is 0 Å². The zero-order valence-corrected chi connectivity index (χ0v) is 21.3. The number of sulfonamides is 1. The summed E-state index contributed by atoms with van der Waals surface area (Å²) in [6.45, 7) is 4.57. The summed E-state index contributed by atoms with van der Waals surface area (Å²) in [5.74, 6) is 0.572. The van der Waals surface area contributed by atoms with Crippen molar-refractivity contribution >= 4 is 37.6 Å². The maximum absolute atomic E-state index is 12.8. The second-order valence-electron chi connectivity index (χ2n) is 9.03. The van der Waals surface area contributed by atoms with E-state index in [-0.39, 0.29) is 17.0 Å². The Balaban J connectivity index is 1.51. The zero-order valence-electron chi connectivity index (χ0n) is 18.1. The highest BCUT2D eigenvalue weighted by Gasteiger charge is 2.29. The summed E-state index contributed by atoms with van der Waals surface area (Å²) in [6.07, 6.45) is 2.33. The van der Waals surface area contributed by atoms with Crippen LogP contribution in [0.3, 0.4) is 0 Å². The molecule has 0 heterocycles. The number of halogens is 2. The molecule has 0 bridgehead atoms. The van der Waals surface area contributed by atoms with Gasteiger partial charge in [0, 0.05) is 30.1 Å². The molecular formula is C23H30BrClN2O3S. The molecule has 0 fully saturated rings. The smallest absolute Gasteiger partial charge is 0.242 e. The zero-order chi connectivity index (χ0) is 22.8. The summed E-state index contributed by atoms with van der Waals surface area (Å²) in [5, 5.41) is 14.2. The molecule has 1 aliphatic carbocycles. The van der Waals surface area contributed by atoms with E-state index in [0.29, 0.717) is 22.0 Å². The van der Waals surface area contributed by atoms with E-state index in [2.05, 4.69) is 59.4 Å². The molecule has 2 aromatic carbocycles. The van der Waals surface area contributed by atoms with Gasteiger partial charge in [0.15, 0.2) is 0 Å². The number of nitrogens with one attached hydrogen (secondary N) is 1. The topological polar surface area (TPSA) is 69.6 Å². The van der Waals surface area contributed by atoms with E-state index >= 15 is 0 Å². The molecule has 0 amide bonds. The fraction of sp³-hybridized carbons (Fsp3) is 0.478. The van der Waals surface area contributed by atoms with Gasteiger partial charge < -0.3 is 10.4 Å².